The number of esters is 3. The smallest absolute Gasteiger partial charge is 0.306 e. The maximum Gasteiger partial charge on any atom is 0.306 e. The van der Waals surface area contributed by atoms with Crippen LogP contribution in [0.5, 0.6) is 0 Å². The number of allylic oxidation sites excluding steroid dienone is 16. The van der Waals surface area contributed by atoms with Gasteiger partial charge in [0.1, 0.15) is 13.2 Å². The van der Waals surface area contributed by atoms with Crippen LogP contribution in [0, 0.1) is 0 Å². The average molecular weight is 1030 g/mol. The molecule has 74 heavy (non-hydrogen) atoms. The van der Waals surface area contributed by atoms with E-state index in [1.165, 1.54) is 128 Å². The molecule has 0 heterocycles. The molecule has 6 heteroatoms. The van der Waals surface area contributed by atoms with Gasteiger partial charge in [-0.15, -0.1) is 0 Å². The molecule has 0 spiro atoms. The van der Waals surface area contributed by atoms with Gasteiger partial charge in [-0.2, -0.15) is 0 Å². The van der Waals surface area contributed by atoms with Crippen molar-refractivity contribution in [2.24, 2.45) is 0 Å². The van der Waals surface area contributed by atoms with E-state index in [2.05, 4.69) is 118 Å². The fourth-order valence-corrected chi connectivity index (χ4v) is 8.62. The molecule has 0 bridgehead atoms. The van der Waals surface area contributed by atoms with E-state index in [-0.39, 0.29) is 31.1 Å². The molecule has 0 radical (unpaired) electrons. The van der Waals surface area contributed by atoms with E-state index in [4.69, 9.17) is 14.2 Å². The van der Waals surface area contributed by atoms with Gasteiger partial charge in [0.2, 0.25) is 0 Å². The predicted octanol–water partition coefficient (Wildman–Crippen LogP) is 21.3. The van der Waals surface area contributed by atoms with Crippen LogP contribution in [0.1, 0.15) is 297 Å². The molecule has 0 saturated carbocycles. The average Bonchev–Trinajstić information content (AvgIpc) is 3.40. The van der Waals surface area contributed by atoms with Crippen molar-refractivity contribution in [2.45, 2.75) is 303 Å². The molecule has 0 aliphatic heterocycles. The van der Waals surface area contributed by atoms with E-state index in [9.17, 15) is 14.4 Å². The lowest BCUT2D eigenvalue weighted by atomic mass is 10.0. The number of unbranched alkanes of at least 4 members (excludes halogenated alkanes) is 29. The van der Waals surface area contributed by atoms with Crippen LogP contribution in [0.3, 0.4) is 0 Å². The molecule has 0 amide bonds. The van der Waals surface area contributed by atoms with Crippen LogP contribution in [0.2, 0.25) is 0 Å². The van der Waals surface area contributed by atoms with Gasteiger partial charge in [-0.3, -0.25) is 14.4 Å². The topological polar surface area (TPSA) is 78.9 Å². The minimum Gasteiger partial charge on any atom is -0.462 e. The summed E-state index contributed by atoms with van der Waals surface area (Å²) in [6, 6.07) is 0. The van der Waals surface area contributed by atoms with E-state index in [0.29, 0.717) is 19.3 Å². The zero-order chi connectivity index (χ0) is 53.6. The van der Waals surface area contributed by atoms with Crippen molar-refractivity contribution >= 4 is 17.9 Å². The Morgan fingerprint density at radius 1 is 0.284 bits per heavy atom. The van der Waals surface area contributed by atoms with Gasteiger partial charge < -0.3 is 14.2 Å². The Kier molecular flexibility index (Phi) is 58.8. The number of ether oxygens (including phenoxy) is 3. The maximum atomic E-state index is 12.9. The Hall–Kier alpha value is -3.67. The van der Waals surface area contributed by atoms with E-state index in [1.807, 2.05) is 0 Å². The van der Waals surface area contributed by atoms with Gasteiger partial charge in [-0.1, -0.05) is 259 Å². The van der Waals surface area contributed by atoms with Gasteiger partial charge in [0, 0.05) is 19.3 Å². The van der Waals surface area contributed by atoms with Crippen LogP contribution >= 0.6 is 0 Å². The third-order valence-electron chi connectivity index (χ3n) is 13.3. The molecular formula is C68H116O6. The first-order valence-corrected chi connectivity index (χ1v) is 31.2. The minimum absolute atomic E-state index is 0.0868. The first kappa shape index (κ1) is 70.3. The first-order chi connectivity index (χ1) is 36.5. The quantitative estimate of drug-likeness (QED) is 0.0261. The normalized spacial score (nSPS) is 12.7. The fourth-order valence-electron chi connectivity index (χ4n) is 8.62. The van der Waals surface area contributed by atoms with Gasteiger partial charge in [-0.05, 0) is 116 Å². The zero-order valence-corrected chi connectivity index (χ0v) is 48.6. The minimum atomic E-state index is -0.790. The molecule has 0 saturated heterocycles. The second-order valence-corrected chi connectivity index (χ2v) is 20.6. The van der Waals surface area contributed by atoms with E-state index in [0.717, 1.165) is 128 Å². The van der Waals surface area contributed by atoms with Crippen LogP contribution in [0.15, 0.2) is 97.2 Å². The van der Waals surface area contributed by atoms with Crippen molar-refractivity contribution in [3.05, 3.63) is 97.2 Å². The standard InChI is InChI=1S/C68H116O6/c1-4-7-10-13-16-19-22-24-26-28-30-31-32-33-34-35-36-37-39-40-42-44-46-49-52-55-58-61-67(70)73-64-65(63-72-66(69)60-57-54-51-48-21-18-15-12-9-6-3)74-68(71)62-59-56-53-50-47-45-43-41-38-29-27-25-23-20-17-14-11-8-5-2/h8,11-12,15,17,20,22,24-25,27-28,30,32-33,38,41,65H,4-7,9-10,13-14,16,18-19,21,23,26,29,31,34-37,39-40,42-64H2,1-3H3/b11-8-,15-12-,20-17-,24-22-,27-25-,30-28-,33-32-,41-38-. The molecule has 1 atom stereocenters. The highest BCUT2D eigenvalue weighted by molar-refractivity contribution is 5.71. The summed E-state index contributed by atoms with van der Waals surface area (Å²) in [5.74, 6) is -0.908. The number of carbonyl (C=O) groups is 3. The summed E-state index contributed by atoms with van der Waals surface area (Å²) in [4.78, 5) is 38.2. The fraction of sp³-hybridized carbons (Fsp3) is 0.721. The Morgan fingerprint density at radius 2 is 0.554 bits per heavy atom. The second-order valence-electron chi connectivity index (χ2n) is 20.6. The van der Waals surface area contributed by atoms with Gasteiger partial charge >= 0.3 is 17.9 Å². The van der Waals surface area contributed by atoms with Gasteiger partial charge in [0.25, 0.3) is 0 Å². The van der Waals surface area contributed by atoms with Crippen molar-refractivity contribution < 1.29 is 28.6 Å². The van der Waals surface area contributed by atoms with Gasteiger partial charge in [0.15, 0.2) is 6.10 Å². The summed E-state index contributed by atoms with van der Waals surface area (Å²) >= 11 is 0. The molecule has 0 aliphatic carbocycles. The lowest BCUT2D eigenvalue weighted by Gasteiger charge is -2.18. The maximum absolute atomic E-state index is 12.9. The first-order valence-electron chi connectivity index (χ1n) is 31.2. The van der Waals surface area contributed by atoms with E-state index < -0.39 is 6.10 Å². The van der Waals surface area contributed by atoms with Crippen LogP contribution in [0.25, 0.3) is 0 Å². The summed E-state index contributed by atoms with van der Waals surface area (Å²) in [5.41, 5.74) is 0. The molecule has 0 rings (SSSR count). The van der Waals surface area contributed by atoms with Crippen LogP contribution in [0.4, 0.5) is 0 Å². The Morgan fingerprint density at radius 3 is 0.892 bits per heavy atom. The highest BCUT2D eigenvalue weighted by Gasteiger charge is 2.19. The molecule has 0 aromatic heterocycles. The third-order valence-corrected chi connectivity index (χ3v) is 13.3. The van der Waals surface area contributed by atoms with Gasteiger partial charge in [-0.25, -0.2) is 0 Å². The predicted molar refractivity (Wildman–Crippen MR) is 320 cm³/mol. The Balaban J connectivity index is 4.25. The molecule has 0 N–H and O–H groups in total. The molecule has 0 fully saturated rings. The van der Waals surface area contributed by atoms with Crippen molar-refractivity contribution in [1.82, 2.24) is 0 Å². The zero-order valence-electron chi connectivity index (χ0n) is 48.6. The SMILES string of the molecule is CC/C=C\C/C=C\C/C=C\C/C=C\CCCCCCCCC(=O)OC(COC(=O)CCCCCCC/C=C\CCC)COC(=O)CCCCCCCCCCCCCC/C=C\C/C=C\C/C=C\CCCCCCC. The lowest BCUT2D eigenvalue weighted by Crippen LogP contribution is -2.30. The van der Waals surface area contributed by atoms with Crippen molar-refractivity contribution in [2.75, 3.05) is 13.2 Å². The summed E-state index contributed by atoms with van der Waals surface area (Å²) in [6.07, 6.45) is 82.8. The van der Waals surface area contributed by atoms with Crippen LogP contribution < -0.4 is 0 Å². The molecule has 0 aromatic carbocycles. The Bertz CT molecular complexity index is 1460. The Labute approximate surface area is 457 Å². The summed E-state index contributed by atoms with van der Waals surface area (Å²) < 4.78 is 16.9. The highest BCUT2D eigenvalue weighted by Crippen LogP contribution is 2.16. The molecule has 0 aromatic rings. The highest BCUT2D eigenvalue weighted by atomic mass is 16.6. The van der Waals surface area contributed by atoms with Crippen molar-refractivity contribution in [1.29, 1.82) is 0 Å². The van der Waals surface area contributed by atoms with Crippen LogP contribution in [-0.4, -0.2) is 37.2 Å². The molecule has 6 nitrogen and oxygen atoms in total. The van der Waals surface area contributed by atoms with Crippen molar-refractivity contribution in [3.63, 3.8) is 0 Å². The monoisotopic (exact) mass is 1030 g/mol. The number of hydrogen-bond donors (Lipinski definition) is 0. The van der Waals surface area contributed by atoms with Crippen LogP contribution in [-0.2, 0) is 28.6 Å². The number of carbonyl (C=O) groups excluding carboxylic acids is 3. The molecule has 0 aliphatic rings. The number of rotatable bonds is 56. The van der Waals surface area contributed by atoms with E-state index >= 15 is 0 Å². The van der Waals surface area contributed by atoms with Gasteiger partial charge in [0.05, 0.1) is 0 Å². The van der Waals surface area contributed by atoms with E-state index in [1.54, 1.807) is 0 Å². The molecule has 424 valence electrons. The summed E-state index contributed by atoms with van der Waals surface area (Å²) in [6.45, 7) is 6.45. The lowest BCUT2D eigenvalue weighted by molar-refractivity contribution is -0.167. The second kappa shape index (κ2) is 61.9. The summed E-state index contributed by atoms with van der Waals surface area (Å²) in [7, 11) is 0. The molecule has 1 unspecified atom stereocenters. The largest absolute Gasteiger partial charge is 0.462 e. The third kappa shape index (κ3) is 59.2. The van der Waals surface area contributed by atoms with Crippen molar-refractivity contribution in [3.8, 4) is 0 Å². The molecular weight excluding hydrogens is 913 g/mol. The number of hydrogen-bond acceptors (Lipinski definition) is 6. The summed E-state index contributed by atoms with van der Waals surface area (Å²) in [5, 5.41) is 0.